The Morgan fingerprint density at radius 1 is 1.17 bits per heavy atom. The summed E-state index contributed by atoms with van der Waals surface area (Å²) in [6.07, 6.45) is 3.39. The minimum atomic E-state index is -0.233. The number of aliphatic hydroxyl groups excluding tert-OH is 1. The number of benzene rings is 2. The van der Waals surface area contributed by atoms with Crippen LogP contribution in [0.5, 0.6) is 0 Å². The lowest BCUT2D eigenvalue weighted by molar-refractivity contribution is 0.244. The first kappa shape index (κ1) is 18.4. The van der Waals surface area contributed by atoms with E-state index < -0.39 is 0 Å². The third-order valence-electron chi connectivity index (χ3n) is 3.65. The highest BCUT2D eigenvalue weighted by Gasteiger charge is 2.14. The van der Waals surface area contributed by atoms with Crippen molar-refractivity contribution in [3.05, 3.63) is 65.7 Å². The Kier molecular flexibility index (Phi) is 7.65. The minimum Gasteiger partial charge on any atom is -0.396 e. The van der Waals surface area contributed by atoms with Crippen LogP contribution in [-0.2, 0) is 5.75 Å². The molecule has 128 valence electrons. The summed E-state index contributed by atoms with van der Waals surface area (Å²) in [7, 11) is 0. The molecule has 4 nitrogen and oxygen atoms in total. The van der Waals surface area contributed by atoms with Crippen LogP contribution in [-0.4, -0.2) is 24.0 Å². The lowest BCUT2D eigenvalue weighted by atomic mass is 10.0. The Hall–Kier alpha value is -1.98. The molecule has 24 heavy (non-hydrogen) atoms. The van der Waals surface area contributed by atoms with E-state index in [2.05, 4.69) is 16.9 Å². The van der Waals surface area contributed by atoms with Crippen LogP contribution in [0.3, 0.4) is 0 Å². The van der Waals surface area contributed by atoms with E-state index in [1.165, 1.54) is 5.56 Å². The van der Waals surface area contributed by atoms with Gasteiger partial charge < -0.3 is 15.7 Å². The first-order chi connectivity index (χ1) is 11.7. The topological polar surface area (TPSA) is 61.4 Å². The summed E-state index contributed by atoms with van der Waals surface area (Å²) >= 11 is 1.75. The van der Waals surface area contributed by atoms with Crippen molar-refractivity contribution in [2.24, 2.45) is 0 Å². The minimum absolute atomic E-state index is 0.114. The van der Waals surface area contributed by atoms with Crippen LogP contribution < -0.4 is 10.6 Å². The molecule has 0 bridgehead atoms. The smallest absolute Gasteiger partial charge is 0.319 e. The molecule has 0 heterocycles. The van der Waals surface area contributed by atoms with E-state index in [-0.39, 0.29) is 18.7 Å². The van der Waals surface area contributed by atoms with E-state index in [0.29, 0.717) is 12.8 Å². The predicted octanol–water partition coefficient (Wildman–Crippen LogP) is 4.18. The molecule has 0 aliphatic rings. The average Bonchev–Trinajstić information content (AvgIpc) is 2.60. The largest absolute Gasteiger partial charge is 0.396 e. The van der Waals surface area contributed by atoms with Crippen LogP contribution in [0.15, 0.2) is 54.6 Å². The zero-order chi connectivity index (χ0) is 17.2. The van der Waals surface area contributed by atoms with E-state index in [4.69, 9.17) is 5.11 Å². The lowest BCUT2D eigenvalue weighted by Gasteiger charge is -2.19. The summed E-state index contributed by atoms with van der Waals surface area (Å²) in [5.41, 5.74) is 3.01. The molecule has 3 N–H and O–H groups in total. The molecule has 0 spiro atoms. The number of hydrogen-bond acceptors (Lipinski definition) is 3. The number of amides is 2. The van der Waals surface area contributed by atoms with Crippen molar-refractivity contribution in [3.8, 4) is 0 Å². The standard InChI is InChI=1S/C19H24N2O2S/c1-24-14-15-7-5-10-17(13-15)20-19(23)21-18(11-6-12-22)16-8-3-2-4-9-16/h2-5,7-10,13,18,22H,6,11-12,14H2,1H3,(H2,20,21,23)/t18-/m0/s1. The van der Waals surface area contributed by atoms with E-state index in [0.717, 1.165) is 17.0 Å². The van der Waals surface area contributed by atoms with Crippen molar-refractivity contribution in [1.82, 2.24) is 5.32 Å². The van der Waals surface area contributed by atoms with Gasteiger partial charge in [-0.15, -0.1) is 0 Å². The molecular formula is C19H24N2O2S. The van der Waals surface area contributed by atoms with Crippen LogP contribution in [0.4, 0.5) is 10.5 Å². The Morgan fingerprint density at radius 3 is 2.67 bits per heavy atom. The van der Waals surface area contributed by atoms with Crippen molar-refractivity contribution >= 4 is 23.5 Å². The maximum atomic E-state index is 12.3. The van der Waals surface area contributed by atoms with Crippen LogP contribution >= 0.6 is 11.8 Å². The van der Waals surface area contributed by atoms with Crippen molar-refractivity contribution in [1.29, 1.82) is 0 Å². The fraction of sp³-hybridized carbons (Fsp3) is 0.316. The molecule has 0 aromatic heterocycles. The fourth-order valence-electron chi connectivity index (χ4n) is 2.53. The van der Waals surface area contributed by atoms with Gasteiger partial charge >= 0.3 is 6.03 Å². The van der Waals surface area contributed by atoms with Gasteiger partial charge in [0, 0.05) is 18.0 Å². The third kappa shape index (κ3) is 5.91. The van der Waals surface area contributed by atoms with Crippen LogP contribution in [0.2, 0.25) is 0 Å². The van der Waals surface area contributed by atoms with Gasteiger partial charge in [0.25, 0.3) is 0 Å². The maximum Gasteiger partial charge on any atom is 0.319 e. The Bertz CT molecular complexity index is 634. The molecule has 2 rings (SSSR count). The van der Waals surface area contributed by atoms with E-state index >= 15 is 0 Å². The van der Waals surface area contributed by atoms with Crippen molar-refractivity contribution in [2.45, 2.75) is 24.6 Å². The van der Waals surface area contributed by atoms with Gasteiger partial charge in [-0.25, -0.2) is 4.79 Å². The summed E-state index contributed by atoms with van der Waals surface area (Å²) in [4.78, 5) is 12.3. The maximum absolute atomic E-state index is 12.3. The molecule has 0 aliphatic carbocycles. The van der Waals surface area contributed by atoms with Crippen LogP contribution in [0.25, 0.3) is 0 Å². The highest BCUT2D eigenvalue weighted by molar-refractivity contribution is 7.97. The number of carbonyl (C=O) groups excluding carboxylic acids is 1. The van der Waals surface area contributed by atoms with Gasteiger partial charge in [0.15, 0.2) is 0 Å². The van der Waals surface area contributed by atoms with Gasteiger partial charge in [-0.1, -0.05) is 42.5 Å². The second-order valence-electron chi connectivity index (χ2n) is 5.56. The first-order valence-corrected chi connectivity index (χ1v) is 9.43. The van der Waals surface area contributed by atoms with Gasteiger partial charge in [-0.2, -0.15) is 11.8 Å². The lowest BCUT2D eigenvalue weighted by Crippen LogP contribution is -2.32. The average molecular weight is 344 g/mol. The SMILES string of the molecule is CSCc1cccc(NC(=O)N[C@@H](CCCO)c2ccccc2)c1. The number of urea groups is 1. The first-order valence-electron chi connectivity index (χ1n) is 8.04. The highest BCUT2D eigenvalue weighted by Crippen LogP contribution is 2.19. The number of thioether (sulfide) groups is 1. The second-order valence-corrected chi connectivity index (χ2v) is 6.43. The molecule has 2 aromatic carbocycles. The number of aliphatic hydroxyl groups is 1. The Morgan fingerprint density at radius 2 is 1.96 bits per heavy atom. The van der Waals surface area contributed by atoms with Crippen molar-refractivity contribution in [3.63, 3.8) is 0 Å². The van der Waals surface area contributed by atoms with Gasteiger partial charge in [-0.3, -0.25) is 0 Å². The fourth-order valence-corrected chi connectivity index (χ4v) is 3.05. The Balaban J connectivity index is 2.00. The molecule has 0 aliphatic heterocycles. The van der Waals surface area contributed by atoms with Crippen LogP contribution in [0.1, 0.15) is 30.0 Å². The van der Waals surface area contributed by atoms with Crippen molar-refractivity contribution < 1.29 is 9.90 Å². The van der Waals surface area contributed by atoms with Crippen LogP contribution in [0, 0.1) is 0 Å². The summed E-state index contributed by atoms with van der Waals surface area (Å²) < 4.78 is 0. The normalized spacial score (nSPS) is 11.8. The molecule has 0 radical (unpaired) electrons. The number of hydrogen-bond donors (Lipinski definition) is 3. The second kappa shape index (κ2) is 10.0. The Labute approximate surface area is 147 Å². The number of carbonyl (C=O) groups is 1. The number of rotatable bonds is 8. The summed E-state index contributed by atoms with van der Waals surface area (Å²) in [5.74, 6) is 0.917. The zero-order valence-electron chi connectivity index (χ0n) is 13.9. The third-order valence-corrected chi connectivity index (χ3v) is 4.28. The summed E-state index contributed by atoms with van der Waals surface area (Å²) in [6, 6.07) is 17.3. The van der Waals surface area contributed by atoms with Crippen molar-refractivity contribution in [2.75, 3.05) is 18.2 Å². The number of nitrogens with one attached hydrogen (secondary N) is 2. The molecular weight excluding hydrogens is 320 g/mol. The van der Waals surface area contributed by atoms with Gasteiger partial charge in [0.05, 0.1) is 6.04 Å². The summed E-state index contributed by atoms with van der Waals surface area (Å²) in [5, 5.41) is 15.0. The molecule has 0 saturated heterocycles. The summed E-state index contributed by atoms with van der Waals surface area (Å²) in [6.45, 7) is 0.114. The predicted molar refractivity (Wildman–Crippen MR) is 101 cm³/mol. The van der Waals surface area contributed by atoms with E-state index in [9.17, 15) is 4.79 Å². The molecule has 2 aromatic rings. The molecule has 0 fully saturated rings. The molecule has 5 heteroatoms. The molecule has 0 unspecified atom stereocenters. The van der Waals surface area contributed by atoms with Gasteiger partial charge in [0.2, 0.25) is 0 Å². The molecule has 1 atom stereocenters. The van der Waals surface area contributed by atoms with Gasteiger partial charge in [-0.05, 0) is 42.4 Å². The quantitative estimate of drug-likeness (QED) is 0.673. The van der Waals surface area contributed by atoms with E-state index in [1.54, 1.807) is 11.8 Å². The zero-order valence-corrected chi connectivity index (χ0v) is 14.7. The van der Waals surface area contributed by atoms with E-state index in [1.807, 2.05) is 54.6 Å². The monoisotopic (exact) mass is 344 g/mol. The van der Waals surface area contributed by atoms with Gasteiger partial charge in [0.1, 0.15) is 0 Å². The number of anilines is 1. The highest BCUT2D eigenvalue weighted by atomic mass is 32.2. The molecule has 2 amide bonds. The molecule has 0 saturated carbocycles.